The molecule has 1 unspecified atom stereocenters. The number of nitrogens with one attached hydrogen (secondary N) is 3. The van der Waals surface area contributed by atoms with Crippen LogP contribution in [0.1, 0.15) is 85.5 Å². The van der Waals surface area contributed by atoms with E-state index in [0.29, 0.717) is 6.54 Å². The molecule has 28 heavy (non-hydrogen) atoms. The van der Waals surface area contributed by atoms with E-state index in [0.717, 1.165) is 50.6 Å². The Morgan fingerprint density at radius 2 is 1.79 bits per heavy atom. The maximum atomic E-state index is 12.7. The Morgan fingerprint density at radius 3 is 2.39 bits per heavy atom. The standard InChI is InChI=1S/C23H43N3O2/c1-5-19-10-12-20(13-11-19)22(27)25-21(17(2)3)23(28)24-14-8-16-26-15-7-6-9-18(26)4/h17-21H,5-16H2,1-4H3,(H,24,28)(H,25,27)/p+1/t18-,19?,20?,21-/m0/s1. The largest absolute Gasteiger partial charge is 0.354 e. The number of carbonyl (C=O) groups excluding carboxylic acids is 2. The van der Waals surface area contributed by atoms with Crippen molar-refractivity contribution >= 4 is 11.8 Å². The molecule has 162 valence electrons. The average molecular weight is 395 g/mol. The van der Waals surface area contributed by atoms with Crippen molar-refractivity contribution in [2.45, 2.75) is 97.6 Å². The molecule has 1 aliphatic carbocycles. The average Bonchev–Trinajstić information content (AvgIpc) is 2.70. The second kappa shape index (κ2) is 11.8. The van der Waals surface area contributed by atoms with Gasteiger partial charge in [0.1, 0.15) is 6.04 Å². The third kappa shape index (κ3) is 7.06. The van der Waals surface area contributed by atoms with Crippen molar-refractivity contribution in [3.05, 3.63) is 0 Å². The third-order valence-electron chi connectivity index (χ3n) is 7.10. The zero-order valence-electron chi connectivity index (χ0n) is 18.7. The predicted molar refractivity (Wildman–Crippen MR) is 114 cm³/mol. The molecule has 0 bridgehead atoms. The molecule has 2 rings (SSSR count). The van der Waals surface area contributed by atoms with Gasteiger partial charge in [-0.25, -0.2) is 0 Å². The van der Waals surface area contributed by atoms with Crippen molar-refractivity contribution < 1.29 is 14.5 Å². The predicted octanol–water partition coefficient (Wildman–Crippen LogP) is 2.31. The highest BCUT2D eigenvalue weighted by Crippen LogP contribution is 2.30. The van der Waals surface area contributed by atoms with Crippen molar-refractivity contribution in [3.8, 4) is 0 Å². The molecule has 2 fully saturated rings. The number of likely N-dealkylation sites (tertiary alicyclic amines) is 1. The molecule has 2 aliphatic rings. The summed E-state index contributed by atoms with van der Waals surface area (Å²) < 4.78 is 0. The minimum absolute atomic E-state index is 0.0210. The van der Waals surface area contributed by atoms with Crippen molar-refractivity contribution in [1.29, 1.82) is 0 Å². The van der Waals surface area contributed by atoms with Gasteiger partial charge >= 0.3 is 0 Å². The van der Waals surface area contributed by atoms with Gasteiger partial charge in [-0.15, -0.1) is 0 Å². The summed E-state index contributed by atoms with van der Waals surface area (Å²) in [4.78, 5) is 27.1. The Bertz CT molecular complexity index is 486. The summed E-state index contributed by atoms with van der Waals surface area (Å²) in [6, 6.07) is 0.326. The number of carbonyl (C=O) groups is 2. The van der Waals surface area contributed by atoms with Crippen LogP contribution in [-0.2, 0) is 9.59 Å². The van der Waals surface area contributed by atoms with E-state index in [1.165, 1.54) is 32.2 Å². The van der Waals surface area contributed by atoms with E-state index in [4.69, 9.17) is 0 Å². The summed E-state index contributed by atoms with van der Waals surface area (Å²) in [5.74, 6) is 1.02. The highest BCUT2D eigenvalue weighted by Gasteiger charge is 2.30. The van der Waals surface area contributed by atoms with Gasteiger partial charge in [-0.3, -0.25) is 9.59 Å². The molecule has 1 heterocycles. The highest BCUT2D eigenvalue weighted by molar-refractivity contribution is 5.88. The van der Waals surface area contributed by atoms with Crippen LogP contribution in [0, 0.1) is 17.8 Å². The molecule has 1 saturated carbocycles. The van der Waals surface area contributed by atoms with Gasteiger partial charge < -0.3 is 15.5 Å². The molecule has 0 radical (unpaired) electrons. The number of piperidine rings is 1. The maximum Gasteiger partial charge on any atom is 0.242 e. The van der Waals surface area contributed by atoms with E-state index in [1.807, 2.05) is 13.8 Å². The first-order chi connectivity index (χ1) is 13.4. The molecule has 3 N–H and O–H groups in total. The Balaban J connectivity index is 1.72. The lowest BCUT2D eigenvalue weighted by Gasteiger charge is -2.30. The first kappa shape index (κ1) is 23.2. The van der Waals surface area contributed by atoms with E-state index in [9.17, 15) is 9.59 Å². The Kier molecular flexibility index (Phi) is 9.76. The van der Waals surface area contributed by atoms with E-state index in [-0.39, 0.29) is 23.7 Å². The molecule has 2 amide bonds. The van der Waals surface area contributed by atoms with Gasteiger partial charge in [0.25, 0.3) is 0 Å². The zero-order valence-corrected chi connectivity index (χ0v) is 18.7. The van der Waals surface area contributed by atoms with Crippen LogP contribution in [0.2, 0.25) is 0 Å². The van der Waals surface area contributed by atoms with Gasteiger partial charge in [0.2, 0.25) is 11.8 Å². The van der Waals surface area contributed by atoms with Crippen LogP contribution in [0.25, 0.3) is 0 Å². The zero-order chi connectivity index (χ0) is 20.5. The van der Waals surface area contributed by atoms with Gasteiger partial charge in [0, 0.05) is 18.9 Å². The van der Waals surface area contributed by atoms with Crippen LogP contribution < -0.4 is 15.5 Å². The second-order valence-corrected chi connectivity index (χ2v) is 9.56. The van der Waals surface area contributed by atoms with Gasteiger partial charge in [-0.2, -0.15) is 0 Å². The minimum atomic E-state index is -0.419. The van der Waals surface area contributed by atoms with Crippen LogP contribution in [0.15, 0.2) is 0 Å². The molecule has 0 spiro atoms. The van der Waals surface area contributed by atoms with Crippen molar-refractivity contribution in [3.63, 3.8) is 0 Å². The molecule has 1 aliphatic heterocycles. The first-order valence-electron chi connectivity index (χ1n) is 11.8. The maximum absolute atomic E-state index is 12.7. The summed E-state index contributed by atoms with van der Waals surface area (Å²) in [5, 5.41) is 6.14. The van der Waals surface area contributed by atoms with Gasteiger partial charge in [-0.05, 0) is 63.7 Å². The first-order valence-corrected chi connectivity index (χ1v) is 11.8. The summed E-state index contributed by atoms with van der Waals surface area (Å²) in [7, 11) is 0. The minimum Gasteiger partial charge on any atom is -0.354 e. The molecular weight excluding hydrogens is 350 g/mol. The number of rotatable bonds is 9. The summed E-state index contributed by atoms with van der Waals surface area (Å²) in [6.45, 7) is 11.7. The monoisotopic (exact) mass is 394 g/mol. The molecule has 1 saturated heterocycles. The van der Waals surface area contributed by atoms with E-state index in [2.05, 4.69) is 24.5 Å². The summed E-state index contributed by atoms with van der Waals surface area (Å²) in [6.07, 6.45) is 10.4. The topological polar surface area (TPSA) is 62.6 Å². The summed E-state index contributed by atoms with van der Waals surface area (Å²) in [5.41, 5.74) is 0. The number of quaternary nitrogens is 1. The molecule has 5 heteroatoms. The fourth-order valence-electron chi connectivity index (χ4n) is 4.90. The highest BCUT2D eigenvalue weighted by atomic mass is 16.2. The lowest BCUT2D eigenvalue weighted by molar-refractivity contribution is -0.928. The fraction of sp³-hybridized carbons (Fsp3) is 0.913. The van der Waals surface area contributed by atoms with Crippen molar-refractivity contribution in [1.82, 2.24) is 10.6 Å². The lowest BCUT2D eigenvalue weighted by Crippen LogP contribution is -3.16. The molecule has 5 nitrogen and oxygen atoms in total. The van der Waals surface area contributed by atoms with Crippen LogP contribution in [0.5, 0.6) is 0 Å². The van der Waals surface area contributed by atoms with Gasteiger partial charge in [0.05, 0.1) is 19.1 Å². The third-order valence-corrected chi connectivity index (χ3v) is 7.10. The normalized spacial score (nSPS) is 29.3. The van der Waals surface area contributed by atoms with E-state index >= 15 is 0 Å². The molecule has 0 aromatic rings. The fourth-order valence-corrected chi connectivity index (χ4v) is 4.90. The quantitative estimate of drug-likeness (QED) is 0.526. The SMILES string of the molecule is CCC1CCC(C(=O)N[C@H](C(=O)NCCC[NH+]2CCCC[C@@H]2C)C(C)C)CC1. The van der Waals surface area contributed by atoms with Gasteiger partial charge in [-0.1, -0.05) is 27.2 Å². The molecular formula is C23H44N3O2+. The van der Waals surface area contributed by atoms with E-state index < -0.39 is 6.04 Å². The van der Waals surface area contributed by atoms with Crippen LogP contribution in [0.4, 0.5) is 0 Å². The Hall–Kier alpha value is -1.10. The van der Waals surface area contributed by atoms with Crippen LogP contribution >= 0.6 is 0 Å². The number of amides is 2. The molecule has 3 atom stereocenters. The lowest BCUT2D eigenvalue weighted by atomic mass is 9.80. The Labute approximate surface area is 172 Å². The number of hydrogen-bond donors (Lipinski definition) is 3. The molecule has 0 aromatic carbocycles. The summed E-state index contributed by atoms with van der Waals surface area (Å²) >= 11 is 0. The second-order valence-electron chi connectivity index (χ2n) is 9.56. The molecule has 0 aromatic heterocycles. The van der Waals surface area contributed by atoms with E-state index in [1.54, 1.807) is 4.90 Å². The smallest absolute Gasteiger partial charge is 0.242 e. The van der Waals surface area contributed by atoms with Crippen LogP contribution in [-0.4, -0.2) is 43.5 Å². The van der Waals surface area contributed by atoms with Gasteiger partial charge in [0.15, 0.2) is 0 Å². The van der Waals surface area contributed by atoms with Crippen molar-refractivity contribution in [2.75, 3.05) is 19.6 Å². The van der Waals surface area contributed by atoms with Crippen LogP contribution in [0.3, 0.4) is 0 Å². The van der Waals surface area contributed by atoms with Crippen molar-refractivity contribution in [2.24, 2.45) is 17.8 Å². The number of hydrogen-bond acceptors (Lipinski definition) is 2. The Morgan fingerprint density at radius 1 is 1.07 bits per heavy atom.